The first kappa shape index (κ1) is 21.2. The second kappa shape index (κ2) is 10.3. The van der Waals surface area contributed by atoms with E-state index in [2.05, 4.69) is 5.32 Å². The average molecular weight is 385 g/mol. The molecule has 6 nitrogen and oxygen atoms in total. The molecule has 2 aromatic carbocycles. The van der Waals surface area contributed by atoms with E-state index in [4.69, 9.17) is 18.9 Å². The maximum Gasteiger partial charge on any atom is 0.244 e. The lowest BCUT2D eigenvalue weighted by Crippen LogP contribution is -2.23. The number of carbonyl (C=O) groups excluding carboxylic acids is 1. The van der Waals surface area contributed by atoms with Crippen LogP contribution in [0.15, 0.2) is 42.5 Å². The standard InChI is InChI=1S/C22H27NO5/c1-15(18-8-7-17(25-2)14-20(18)27-4)12-22(24)23-11-10-16-6-9-19(26-3)21(13-16)28-5/h6-9,12-14H,10-11H2,1-5H3,(H,23,24)/b15-12+. The highest BCUT2D eigenvalue weighted by Gasteiger charge is 2.09. The van der Waals surface area contributed by atoms with Crippen LogP contribution in [0.25, 0.3) is 5.57 Å². The number of methoxy groups -OCH3 is 4. The van der Waals surface area contributed by atoms with Crippen LogP contribution in [0.3, 0.4) is 0 Å². The van der Waals surface area contributed by atoms with Crippen molar-refractivity contribution in [1.29, 1.82) is 0 Å². The van der Waals surface area contributed by atoms with Gasteiger partial charge in [-0.25, -0.2) is 0 Å². The largest absolute Gasteiger partial charge is 0.497 e. The topological polar surface area (TPSA) is 66.0 Å². The molecule has 0 aliphatic heterocycles. The van der Waals surface area contributed by atoms with Crippen molar-refractivity contribution in [3.05, 3.63) is 53.6 Å². The third-order valence-corrected chi connectivity index (χ3v) is 4.34. The minimum absolute atomic E-state index is 0.157. The predicted octanol–water partition coefficient (Wildman–Crippen LogP) is 3.48. The third-order valence-electron chi connectivity index (χ3n) is 4.34. The molecule has 0 saturated carbocycles. The Hall–Kier alpha value is -3.15. The van der Waals surface area contributed by atoms with Crippen molar-refractivity contribution in [3.8, 4) is 23.0 Å². The third kappa shape index (κ3) is 5.42. The molecule has 2 rings (SSSR count). The van der Waals surface area contributed by atoms with Gasteiger partial charge in [0.1, 0.15) is 11.5 Å². The highest BCUT2D eigenvalue weighted by atomic mass is 16.5. The van der Waals surface area contributed by atoms with E-state index in [9.17, 15) is 4.79 Å². The minimum atomic E-state index is -0.157. The lowest BCUT2D eigenvalue weighted by atomic mass is 10.1. The molecule has 0 heterocycles. The normalized spacial score (nSPS) is 11.0. The number of amides is 1. The van der Waals surface area contributed by atoms with Crippen molar-refractivity contribution in [2.24, 2.45) is 0 Å². The maximum atomic E-state index is 12.3. The van der Waals surface area contributed by atoms with Gasteiger partial charge in [-0.3, -0.25) is 4.79 Å². The molecule has 0 fully saturated rings. The molecule has 0 atom stereocenters. The Bertz CT molecular complexity index is 845. The van der Waals surface area contributed by atoms with Crippen molar-refractivity contribution in [2.75, 3.05) is 35.0 Å². The number of nitrogens with one attached hydrogen (secondary N) is 1. The van der Waals surface area contributed by atoms with E-state index in [-0.39, 0.29) is 5.91 Å². The second-order valence-electron chi connectivity index (χ2n) is 6.12. The summed E-state index contributed by atoms with van der Waals surface area (Å²) in [6, 6.07) is 11.2. The monoisotopic (exact) mass is 385 g/mol. The summed E-state index contributed by atoms with van der Waals surface area (Å²) in [5, 5.41) is 2.91. The summed E-state index contributed by atoms with van der Waals surface area (Å²) in [4.78, 5) is 12.3. The van der Waals surface area contributed by atoms with E-state index >= 15 is 0 Å². The van der Waals surface area contributed by atoms with E-state index in [1.807, 2.05) is 37.3 Å². The zero-order valence-electron chi connectivity index (χ0n) is 17.0. The molecule has 0 aliphatic carbocycles. The van der Waals surface area contributed by atoms with Crippen molar-refractivity contribution in [1.82, 2.24) is 5.32 Å². The molecule has 0 aromatic heterocycles. The van der Waals surface area contributed by atoms with Gasteiger partial charge in [0.15, 0.2) is 11.5 Å². The van der Waals surface area contributed by atoms with Crippen LogP contribution >= 0.6 is 0 Å². The molecule has 1 amide bonds. The van der Waals surface area contributed by atoms with Gasteiger partial charge in [0.2, 0.25) is 5.91 Å². The fraction of sp³-hybridized carbons (Fsp3) is 0.318. The first-order valence-corrected chi connectivity index (χ1v) is 8.91. The van der Waals surface area contributed by atoms with Crippen LogP contribution in [0.5, 0.6) is 23.0 Å². The highest BCUT2D eigenvalue weighted by Crippen LogP contribution is 2.30. The Balaban J connectivity index is 1.98. The zero-order chi connectivity index (χ0) is 20.5. The second-order valence-corrected chi connectivity index (χ2v) is 6.12. The molecule has 0 spiro atoms. The molecule has 0 aliphatic rings. The van der Waals surface area contributed by atoms with Crippen molar-refractivity contribution in [2.45, 2.75) is 13.3 Å². The number of hydrogen-bond acceptors (Lipinski definition) is 5. The number of benzene rings is 2. The molecule has 1 N–H and O–H groups in total. The molecule has 0 bridgehead atoms. The molecule has 0 unspecified atom stereocenters. The summed E-state index contributed by atoms with van der Waals surface area (Å²) in [5.74, 6) is 2.56. The summed E-state index contributed by atoms with van der Waals surface area (Å²) < 4.78 is 21.1. The number of rotatable bonds is 9. The molecular weight excluding hydrogens is 358 g/mol. The van der Waals surface area contributed by atoms with Crippen LogP contribution in [0.2, 0.25) is 0 Å². The number of ether oxygens (including phenoxy) is 4. The quantitative estimate of drug-likeness (QED) is 0.670. The van der Waals surface area contributed by atoms with Crippen LogP contribution in [-0.4, -0.2) is 40.9 Å². The number of allylic oxidation sites excluding steroid dienone is 1. The van der Waals surface area contributed by atoms with Crippen molar-refractivity contribution < 1.29 is 23.7 Å². The summed E-state index contributed by atoms with van der Waals surface area (Å²) in [5.41, 5.74) is 2.71. The molecule has 0 radical (unpaired) electrons. The lowest BCUT2D eigenvalue weighted by Gasteiger charge is -2.11. The number of carbonyl (C=O) groups is 1. The number of hydrogen-bond donors (Lipinski definition) is 1. The van der Waals surface area contributed by atoms with Crippen LogP contribution in [0.1, 0.15) is 18.1 Å². The molecule has 2 aromatic rings. The fourth-order valence-electron chi connectivity index (χ4n) is 2.82. The van der Waals surface area contributed by atoms with Crippen LogP contribution in [0, 0.1) is 0 Å². The zero-order valence-corrected chi connectivity index (χ0v) is 17.0. The SMILES string of the molecule is COc1ccc(/C(C)=C/C(=O)NCCc2ccc(OC)c(OC)c2)c(OC)c1. The van der Waals surface area contributed by atoms with Crippen LogP contribution in [0.4, 0.5) is 0 Å². The molecule has 6 heteroatoms. The summed E-state index contributed by atoms with van der Waals surface area (Å²) in [6.45, 7) is 2.39. The van der Waals surface area contributed by atoms with E-state index in [0.29, 0.717) is 36.0 Å². The van der Waals surface area contributed by atoms with Gasteiger partial charge >= 0.3 is 0 Å². The highest BCUT2D eigenvalue weighted by molar-refractivity contribution is 5.95. The average Bonchev–Trinajstić information content (AvgIpc) is 2.72. The van der Waals surface area contributed by atoms with Crippen molar-refractivity contribution >= 4 is 11.5 Å². The lowest BCUT2D eigenvalue weighted by molar-refractivity contribution is -0.116. The first-order valence-electron chi connectivity index (χ1n) is 8.91. The Kier molecular flexibility index (Phi) is 7.75. The van der Waals surface area contributed by atoms with Crippen LogP contribution in [-0.2, 0) is 11.2 Å². The van der Waals surface area contributed by atoms with E-state index in [0.717, 1.165) is 16.7 Å². The molecule has 150 valence electrons. The minimum Gasteiger partial charge on any atom is -0.497 e. The van der Waals surface area contributed by atoms with Gasteiger partial charge in [-0.05, 0) is 48.7 Å². The Labute approximate surface area is 166 Å². The summed E-state index contributed by atoms with van der Waals surface area (Å²) >= 11 is 0. The van der Waals surface area contributed by atoms with E-state index in [1.54, 1.807) is 40.6 Å². The van der Waals surface area contributed by atoms with E-state index < -0.39 is 0 Å². The first-order chi connectivity index (χ1) is 13.5. The maximum absolute atomic E-state index is 12.3. The Morgan fingerprint density at radius 1 is 0.893 bits per heavy atom. The van der Waals surface area contributed by atoms with Crippen molar-refractivity contribution in [3.63, 3.8) is 0 Å². The summed E-state index contributed by atoms with van der Waals surface area (Å²) in [7, 11) is 6.40. The van der Waals surface area contributed by atoms with Gasteiger partial charge in [0.25, 0.3) is 0 Å². The molecule has 28 heavy (non-hydrogen) atoms. The van der Waals surface area contributed by atoms with Gasteiger partial charge in [0, 0.05) is 24.3 Å². The predicted molar refractivity (Wildman–Crippen MR) is 109 cm³/mol. The van der Waals surface area contributed by atoms with Gasteiger partial charge in [-0.15, -0.1) is 0 Å². The fourth-order valence-corrected chi connectivity index (χ4v) is 2.82. The molecule has 0 saturated heterocycles. The van der Waals surface area contributed by atoms with Gasteiger partial charge < -0.3 is 24.3 Å². The van der Waals surface area contributed by atoms with Crippen LogP contribution < -0.4 is 24.3 Å². The Morgan fingerprint density at radius 3 is 2.25 bits per heavy atom. The van der Waals surface area contributed by atoms with E-state index in [1.165, 1.54) is 0 Å². The van der Waals surface area contributed by atoms with Gasteiger partial charge in [0.05, 0.1) is 28.4 Å². The van der Waals surface area contributed by atoms with Gasteiger partial charge in [-0.2, -0.15) is 0 Å². The molecular formula is C22H27NO5. The summed E-state index contributed by atoms with van der Waals surface area (Å²) in [6.07, 6.45) is 2.25. The smallest absolute Gasteiger partial charge is 0.244 e. The Morgan fingerprint density at radius 2 is 1.61 bits per heavy atom. The van der Waals surface area contributed by atoms with Gasteiger partial charge in [-0.1, -0.05) is 6.07 Å².